The molecule has 0 saturated carbocycles. The number of amides is 1. The van der Waals surface area contributed by atoms with E-state index in [1.165, 1.54) is 0 Å². The molecular formula is C22H25NO6. The van der Waals surface area contributed by atoms with E-state index in [-0.39, 0.29) is 25.7 Å². The molecule has 0 aromatic heterocycles. The van der Waals surface area contributed by atoms with Gasteiger partial charge in [-0.15, -0.1) is 0 Å². The van der Waals surface area contributed by atoms with Gasteiger partial charge in [0.15, 0.2) is 12.3 Å². The Hall–Kier alpha value is -2.90. The normalized spacial score (nSPS) is 13.6. The summed E-state index contributed by atoms with van der Waals surface area (Å²) in [5.74, 6) is -1.36. The van der Waals surface area contributed by atoms with E-state index in [9.17, 15) is 14.7 Å². The van der Waals surface area contributed by atoms with Crippen molar-refractivity contribution in [3.63, 3.8) is 0 Å². The SMILES string of the molecule is CCOC(OCC)C(NC(=O)OCC1c2ccccc2-c2ccccc21)C(=O)O. The van der Waals surface area contributed by atoms with Crippen LogP contribution in [0.15, 0.2) is 48.5 Å². The van der Waals surface area contributed by atoms with E-state index in [2.05, 4.69) is 5.32 Å². The van der Waals surface area contributed by atoms with E-state index in [1.54, 1.807) is 13.8 Å². The number of hydrogen-bond donors (Lipinski definition) is 2. The molecule has 2 aromatic carbocycles. The van der Waals surface area contributed by atoms with Gasteiger partial charge in [-0.1, -0.05) is 48.5 Å². The van der Waals surface area contributed by atoms with Crippen molar-refractivity contribution < 1.29 is 28.9 Å². The number of rotatable bonds is 9. The highest BCUT2D eigenvalue weighted by atomic mass is 16.7. The van der Waals surface area contributed by atoms with Crippen LogP contribution in [0.3, 0.4) is 0 Å². The van der Waals surface area contributed by atoms with Crippen molar-refractivity contribution in [3.05, 3.63) is 59.7 Å². The first-order valence-electron chi connectivity index (χ1n) is 9.64. The van der Waals surface area contributed by atoms with Crippen LogP contribution in [-0.4, -0.2) is 49.3 Å². The molecule has 3 rings (SSSR count). The third-order valence-corrected chi connectivity index (χ3v) is 4.82. The minimum Gasteiger partial charge on any atom is -0.480 e. The monoisotopic (exact) mass is 399 g/mol. The average molecular weight is 399 g/mol. The van der Waals surface area contributed by atoms with Crippen molar-refractivity contribution in [2.24, 2.45) is 0 Å². The Morgan fingerprint density at radius 2 is 1.48 bits per heavy atom. The molecule has 0 radical (unpaired) electrons. The molecule has 2 N–H and O–H groups in total. The third-order valence-electron chi connectivity index (χ3n) is 4.82. The minimum absolute atomic E-state index is 0.0974. The molecule has 0 fully saturated rings. The first-order chi connectivity index (χ1) is 14.1. The maximum Gasteiger partial charge on any atom is 0.408 e. The van der Waals surface area contributed by atoms with Gasteiger partial charge < -0.3 is 24.6 Å². The first-order valence-corrected chi connectivity index (χ1v) is 9.64. The molecule has 1 amide bonds. The molecule has 0 aliphatic heterocycles. The van der Waals surface area contributed by atoms with Gasteiger partial charge in [0, 0.05) is 19.1 Å². The summed E-state index contributed by atoms with van der Waals surface area (Å²) >= 11 is 0. The highest BCUT2D eigenvalue weighted by Gasteiger charge is 2.33. The molecule has 0 spiro atoms. The summed E-state index contributed by atoms with van der Waals surface area (Å²) in [5, 5.41) is 11.8. The Morgan fingerprint density at radius 1 is 0.966 bits per heavy atom. The van der Waals surface area contributed by atoms with Gasteiger partial charge >= 0.3 is 12.1 Å². The van der Waals surface area contributed by atoms with Crippen LogP contribution in [0, 0.1) is 0 Å². The highest BCUT2D eigenvalue weighted by Crippen LogP contribution is 2.44. The zero-order chi connectivity index (χ0) is 20.8. The van der Waals surface area contributed by atoms with E-state index >= 15 is 0 Å². The van der Waals surface area contributed by atoms with E-state index in [0.717, 1.165) is 22.3 Å². The summed E-state index contributed by atoms with van der Waals surface area (Å²) in [6.45, 7) is 4.04. The zero-order valence-electron chi connectivity index (χ0n) is 16.5. The van der Waals surface area contributed by atoms with Crippen LogP contribution in [0.5, 0.6) is 0 Å². The summed E-state index contributed by atoms with van der Waals surface area (Å²) < 4.78 is 16.0. The Kier molecular flexibility index (Phi) is 6.85. The van der Waals surface area contributed by atoms with Crippen molar-refractivity contribution in [2.45, 2.75) is 32.1 Å². The molecular weight excluding hydrogens is 374 g/mol. The van der Waals surface area contributed by atoms with Crippen molar-refractivity contribution in [1.29, 1.82) is 0 Å². The van der Waals surface area contributed by atoms with E-state index in [0.29, 0.717) is 0 Å². The maximum atomic E-state index is 12.3. The van der Waals surface area contributed by atoms with Gasteiger partial charge in [0.1, 0.15) is 6.61 Å². The first kappa shape index (κ1) is 20.8. The lowest BCUT2D eigenvalue weighted by Crippen LogP contribution is -2.51. The Balaban J connectivity index is 1.69. The number of carboxylic acids is 1. The fourth-order valence-electron chi connectivity index (χ4n) is 3.58. The zero-order valence-corrected chi connectivity index (χ0v) is 16.5. The van der Waals surface area contributed by atoms with Gasteiger partial charge in [0.25, 0.3) is 0 Å². The smallest absolute Gasteiger partial charge is 0.408 e. The van der Waals surface area contributed by atoms with Crippen LogP contribution in [0.4, 0.5) is 4.79 Å². The second-order valence-electron chi connectivity index (χ2n) is 6.56. The van der Waals surface area contributed by atoms with Crippen LogP contribution in [0.25, 0.3) is 11.1 Å². The van der Waals surface area contributed by atoms with E-state index in [1.807, 2.05) is 48.5 Å². The van der Waals surface area contributed by atoms with Crippen molar-refractivity contribution in [2.75, 3.05) is 19.8 Å². The number of nitrogens with one attached hydrogen (secondary N) is 1. The second kappa shape index (κ2) is 9.54. The molecule has 2 aromatic rings. The Labute approximate surface area is 169 Å². The van der Waals surface area contributed by atoms with E-state index < -0.39 is 24.4 Å². The molecule has 7 nitrogen and oxygen atoms in total. The van der Waals surface area contributed by atoms with Gasteiger partial charge in [-0.25, -0.2) is 9.59 Å². The lowest BCUT2D eigenvalue weighted by molar-refractivity contribution is -0.174. The molecule has 0 saturated heterocycles. The number of aliphatic carboxylic acids is 1. The number of carbonyl (C=O) groups excluding carboxylic acids is 1. The van der Waals surface area contributed by atoms with Crippen LogP contribution in [-0.2, 0) is 19.0 Å². The molecule has 1 unspecified atom stereocenters. The van der Waals surface area contributed by atoms with Gasteiger partial charge in [-0.05, 0) is 36.1 Å². The minimum atomic E-state index is -1.37. The van der Waals surface area contributed by atoms with Crippen molar-refractivity contribution >= 4 is 12.1 Å². The number of benzene rings is 2. The number of carbonyl (C=O) groups is 2. The molecule has 7 heteroatoms. The van der Waals surface area contributed by atoms with Crippen molar-refractivity contribution in [3.8, 4) is 11.1 Å². The Morgan fingerprint density at radius 3 is 1.97 bits per heavy atom. The van der Waals surface area contributed by atoms with Gasteiger partial charge in [-0.2, -0.15) is 0 Å². The van der Waals surface area contributed by atoms with Crippen LogP contribution in [0.2, 0.25) is 0 Å². The van der Waals surface area contributed by atoms with Gasteiger partial charge in [-0.3, -0.25) is 0 Å². The lowest BCUT2D eigenvalue weighted by atomic mass is 9.98. The number of alkyl carbamates (subject to hydrolysis) is 1. The number of carboxylic acid groups (broad SMARTS) is 1. The number of ether oxygens (including phenoxy) is 3. The fraction of sp³-hybridized carbons (Fsp3) is 0.364. The predicted octanol–water partition coefficient (Wildman–Crippen LogP) is 3.38. The third kappa shape index (κ3) is 4.58. The highest BCUT2D eigenvalue weighted by molar-refractivity contribution is 5.81. The molecule has 1 aliphatic rings. The van der Waals surface area contributed by atoms with E-state index in [4.69, 9.17) is 14.2 Å². The van der Waals surface area contributed by atoms with Gasteiger partial charge in [0.2, 0.25) is 0 Å². The molecule has 1 atom stereocenters. The summed E-state index contributed by atoms with van der Waals surface area (Å²) in [4.78, 5) is 23.9. The molecule has 0 bridgehead atoms. The maximum absolute atomic E-state index is 12.3. The van der Waals surface area contributed by atoms with Crippen LogP contribution in [0.1, 0.15) is 30.9 Å². The summed E-state index contributed by atoms with van der Waals surface area (Å²) in [5.41, 5.74) is 4.40. The lowest BCUT2D eigenvalue weighted by Gasteiger charge is -2.24. The summed E-state index contributed by atoms with van der Waals surface area (Å²) in [6, 6.07) is 14.6. The average Bonchev–Trinajstić information content (AvgIpc) is 3.04. The Bertz CT molecular complexity index is 816. The fourth-order valence-corrected chi connectivity index (χ4v) is 3.58. The molecule has 154 valence electrons. The topological polar surface area (TPSA) is 94.1 Å². The standard InChI is InChI=1S/C22H25NO6/c1-3-27-21(28-4-2)19(20(24)25)23-22(26)29-13-18-16-11-7-5-9-14(16)15-10-6-8-12-17(15)18/h5-12,18-19,21H,3-4,13H2,1-2H3,(H,23,26)(H,24,25). The largest absolute Gasteiger partial charge is 0.480 e. The number of hydrogen-bond acceptors (Lipinski definition) is 5. The number of fused-ring (bicyclic) bond motifs is 3. The quantitative estimate of drug-likeness (QED) is 0.628. The molecule has 0 heterocycles. The predicted molar refractivity (Wildman–Crippen MR) is 107 cm³/mol. The summed E-state index contributed by atoms with van der Waals surface area (Å²) in [7, 11) is 0. The molecule has 1 aliphatic carbocycles. The van der Waals surface area contributed by atoms with Crippen LogP contribution >= 0.6 is 0 Å². The second-order valence-corrected chi connectivity index (χ2v) is 6.56. The molecule has 29 heavy (non-hydrogen) atoms. The van der Waals surface area contributed by atoms with Crippen molar-refractivity contribution in [1.82, 2.24) is 5.32 Å². The van der Waals surface area contributed by atoms with Crippen LogP contribution < -0.4 is 5.32 Å². The summed E-state index contributed by atoms with van der Waals surface area (Å²) in [6.07, 6.45) is -1.92. The van der Waals surface area contributed by atoms with Gasteiger partial charge in [0.05, 0.1) is 0 Å².